The van der Waals surface area contributed by atoms with Gasteiger partial charge in [-0.2, -0.15) is 0 Å². The van der Waals surface area contributed by atoms with Gasteiger partial charge < -0.3 is 15.2 Å². The monoisotopic (exact) mass is 393 g/mol. The Balaban J connectivity index is 1.41. The van der Waals surface area contributed by atoms with E-state index in [0.717, 1.165) is 24.8 Å². The molecule has 3 aliphatic rings. The lowest BCUT2D eigenvalue weighted by Crippen LogP contribution is -2.73. The normalized spacial score (nSPS) is 25.3. The van der Waals surface area contributed by atoms with Gasteiger partial charge in [-0.05, 0) is 73.3 Å². The maximum Gasteiger partial charge on any atom is 0.408 e. The third-order valence-electron chi connectivity index (χ3n) is 6.82. The summed E-state index contributed by atoms with van der Waals surface area (Å²) >= 11 is 0. The van der Waals surface area contributed by atoms with Gasteiger partial charge in [0.05, 0.1) is 0 Å². The van der Waals surface area contributed by atoms with Gasteiger partial charge >= 0.3 is 12.1 Å². The van der Waals surface area contributed by atoms with Crippen LogP contribution in [0.3, 0.4) is 0 Å². The number of aliphatic carboxylic acids is 1. The second kappa shape index (κ2) is 6.90. The number of carboxylic acid groups (broad SMARTS) is 1. The number of carboxylic acids is 1. The average molecular weight is 393 g/mol. The van der Waals surface area contributed by atoms with Crippen molar-refractivity contribution in [3.05, 3.63) is 70.3 Å². The number of carbonyl (C=O) groups is 2. The lowest BCUT2D eigenvalue weighted by molar-refractivity contribution is -0.183. The zero-order chi connectivity index (χ0) is 20.8. The summed E-state index contributed by atoms with van der Waals surface area (Å²) < 4.78 is 5.23. The number of ether oxygens (including phenoxy) is 1. The van der Waals surface area contributed by atoms with E-state index in [1.165, 1.54) is 22.3 Å². The van der Waals surface area contributed by atoms with E-state index in [1.54, 1.807) is 0 Å². The maximum absolute atomic E-state index is 12.2. The Hall–Kier alpha value is -2.82. The highest BCUT2D eigenvalue weighted by Gasteiger charge is 2.72. The van der Waals surface area contributed by atoms with Gasteiger partial charge in [-0.1, -0.05) is 42.5 Å². The SMILES string of the molecule is Cc1cc(C)c(C23CC(C(NC(=O)OCc4ccccc4)C(=O)O)(C2)C3)cc1C. The number of carbonyl (C=O) groups excluding carboxylic acids is 1. The molecule has 2 aromatic carbocycles. The number of benzene rings is 2. The molecule has 2 N–H and O–H groups in total. The Morgan fingerprint density at radius 1 is 1.03 bits per heavy atom. The quantitative estimate of drug-likeness (QED) is 0.762. The highest BCUT2D eigenvalue weighted by Crippen LogP contribution is 2.75. The van der Waals surface area contributed by atoms with Gasteiger partial charge in [0.15, 0.2) is 0 Å². The molecule has 1 atom stereocenters. The molecule has 5 rings (SSSR count). The molecular formula is C24H27NO4. The molecule has 1 amide bonds. The number of amides is 1. The number of alkyl carbamates (subject to hydrolysis) is 1. The predicted octanol–water partition coefficient (Wildman–Crippen LogP) is 4.41. The molecule has 3 fully saturated rings. The topological polar surface area (TPSA) is 75.6 Å². The average Bonchev–Trinajstić information content (AvgIpc) is 2.61. The molecule has 152 valence electrons. The maximum atomic E-state index is 12.2. The van der Waals surface area contributed by atoms with Crippen LogP contribution in [0, 0.1) is 26.2 Å². The molecule has 0 saturated heterocycles. The van der Waals surface area contributed by atoms with Crippen molar-refractivity contribution in [2.45, 2.75) is 58.1 Å². The van der Waals surface area contributed by atoms with Crippen molar-refractivity contribution in [2.24, 2.45) is 5.41 Å². The van der Waals surface area contributed by atoms with E-state index in [1.807, 2.05) is 30.3 Å². The lowest BCUT2D eigenvalue weighted by Gasteiger charge is -2.73. The third kappa shape index (κ3) is 3.28. The van der Waals surface area contributed by atoms with Crippen LogP contribution in [0.25, 0.3) is 0 Å². The largest absolute Gasteiger partial charge is 0.480 e. The van der Waals surface area contributed by atoms with Gasteiger partial charge in [0.2, 0.25) is 0 Å². The third-order valence-corrected chi connectivity index (χ3v) is 6.82. The Morgan fingerprint density at radius 2 is 1.66 bits per heavy atom. The van der Waals surface area contributed by atoms with E-state index >= 15 is 0 Å². The Kier molecular flexibility index (Phi) is 4.64. The van der Waals surface area contributed by atoms with Crippen LogP contribution < -0.4 is 5.32 Å². The van der Waals surface area contributed by atoms with Crippen molar-refractivity contribution in [3.63, 3.8) is 0 Å². The fraction of sp³-hybridized carbons (Fsp3) is 0.417. The number of nitrogens with one attached hydrogen (secondary N) is 1. The zero-order valence-electron chi connectivity index (χ0n) is 17.1. The van der Waals surface area contributed by atoms with E-state index < -0.39 is 18.1 Å². The van der Waals surface area contributed by atoms with Crippen molar-refractivity contribution in [1.82, 2.24) is 5.32 Å². The summed E-state index contributed by atoms with van der Waals surface area (Å²) in [5.74, 6) is -0.994. The summed E-state index contributed by atoms with van der Waals surface area (Å²) in [6, 6.07) is 12.9. The number of hydrogen-bond donors (Lipinski definition) is 2. The van der Waals surface area contributed by atoms with Crippen molar-refractivity contribution < 1.29 is 19.4 Å². The molecule has 2 bridgehead atoms. The molecule has 3 aliphatic carbocycles. The van der Waals surface area contributed by atoms with Gasteiger partial charge in [0, 0.05) is 5.41 Å². The smallest absolute Gasteiger partial charge is 0.408 e. The molecule has 0 radical (unpaired) electrons. The molecule has 1 unspecified atom stereocenters. The summed E-state index contributed by atoms with van der Waals surface area (Å²) in [5.41, 5.74) is 5.70. The summed E-state index contributed by atoms with van der Waals surface area (Å²) in [6.07, 6.45) is 1.69. The first-order valence-electron chi connectivity index (χ1n) is 10.0. The molecule has 0 aromatic heterocycles. The van der Waals surface area contributed by atoms with Gasteiger partial charge in [0.25, 0.3) is 0 Å². The molecule has 3 saturated carbocycles. The van der Waals surface area contributed by atoms with Crippen molar-refractivity contribution >= 4 is 12.1 Å². The fourth-order valence-electron chi connectivity index (χ4n) is 5.35. The molecule has 5 heteroatoms. The van der Waals surface area contributed by atoms with Crippen LogP contribution in [0.4, 0.5) is 4.79 Å². The Bertz CT molecular complexity index is 947. The van der Waals surface area contributed by atoms with E-state index in [0.29, 0.717) is 0 Å². The van der Waals surface area contributed by atoms with E-state index in [2.05, 4.69) is 38.2 Å². The van der Waals surface area contributed by atoms with Gasteiger partial charge in [-0.15, -0.1) is 0 Å². The summed E-state index contributed by atoms with van der Waals surface area (Å²) in [4.78, 5) is 24.1. The number of rotatable bonds is 6. The van der Waals surface area contributed by atoms with Gasteiger partial charge in [-0.25, -0.2) is 9.59 Å². The Morgan fingerprint density at radius 3 is 2.28 bits per heavy atom. The first-order chi connectivity index (χ1) is 13.7. The van der Waals surface area contributed by atoms with E-state index in [-0.39, 0.29) is 17.4 Å². The fourth-order valence-corrected chi connectivity index (χ4v) is 5.35. The zero-order valence-corrected chi connectivity index (χ0v) is 17.1. The summed E-state index contributed by atoms with van der Waals surface area (Å²) in [7, 11) is 0. The minimum atomic E-state index is -0.994. The van der Waals surface area contributed by atoms with Crippen LogP contribution in [0.15, 0.2) is 42.5 Å². The minimum Gasteiger partial charge on any atom is -0.480 e. The van der Waals surface area contributed by atoms with Gasteiger partial charge in [-0.3, -0.25) is 0 Å². The van der Waals surface area contributed by atoms with Crippen LogP contribution in [0.1, 0.15) is 47.1 Å². The molecule has 0 aliphatic heterocycles. The molecule has 5 nitrogen and oxygen atoms in total. The van der Waals surface area contributed by atoms with Crippen LogP contribution in [-0.2, 0) is 21.6 Å². The van der Waals surface area contributed by atoms with E-state index in [9.17, 15) is 14.7 Å². The van der Waals surface area contributed by atoms with Crippen LogP contribution in [0.5, 0.6) is 0 Å². The molecule has 2 aromatic rings. The molecule has 0 spiro atoms. The highest BCUT2D eigenvalue weighted by atomic mass is 16.5. The Labute approximate surface area is 171 Å². The molecule has 29 heavy (non-hydrogen) atoms. The first kappa shape index (κ1) is 19.5. The van der Waals surface area contributed by atoms with Crippen LogP contribution in [0.2, 0.25) is 0 Å². The van der Waals surface area contributed by atoms with Gasteiger partial charge in [0.1, 0.15) is 12.6 Å². The van der Waals surface area contributed by atoms with Crippen LogP contribution in [-0.4, -0.2) is 23.2 Å². The second-order valence-corrected chi connectivity index (χ2v) is 8.90. The number of aryl methyl sites for hydroxylation is 3. The molecule has 0 heterocycles. The van der Waals surface area contributed by atoms with Crippen molar-refractivity contribution in [3.8, 4) is 0 Å². The lowest BCUT2D eigenvalue weighted by atomic mass is 9.31. The van der Waals surface area contributed by atoms with Crippen molar-refractivity contribution in [2.75, 3.05) is 0 Å². The van der Waals surface area contributed by atoms with Crippen molar-refractivity contribution in [1.29, 1.82) is 0 Å². The first-order valence-corrected chi connectivity index (χ1v) is 10.0. The highest BCUT2D eigenvalue weighted by molar-refractivity contribution is 5.82. The predicted molar refractivity (Wildman–Crippen MR) is 110 cm³/mol. The van der Waals surface area contributed by atoms with E-state index in [4.69, 9.17) is 4.74 Å². The van der Waals surface area contributed by atoms with Crippen LogP contribution >= 0.6 is 0 Å². The minimum absolute atomic E-state index is 0.0614. The summed E-state index contributed by atoms with van der Waals surface area (Å²) in [6.45, 7) is 6.48. The number of hydrogen-bond acceptors (Lipinski definition) is 3. The molecular weight excluding hydrogens is 366 g/mol. The summed E-state index contributed by atoms with van der Waals surface area (Å²) in [5, 5.41) is 12.4. The second-order valence-electron chi connectivity index (χ2n) is 8.90. The standard InChI is InChI=1S/C24H27NO4/c1-15-9-17(3)19(10-16(15)2)23-12-24(13-23,14-23)20(21(26)27)25-22(28)29-11-18-7-5-4-6-8-18/h4-10,20H,11-14H2,1-3H3,(H,25,28)(H,26,27).